The van der Waals surface area contributed by atoms with Gasteiger partial charge in [-0.1, -0.05) is 45.9 Å². The molecular formula is C42H56N2O12. The number of ether oxygens (including phenoxy) is 4. The molecule has 56 heavy (non-hydrogen) atoms. The smallest absolute Gasteiger partial charge is 0.312 e. The second-order valence-corrected chi connectivity index (χ2v) is 15.7. The minimum Gasteiger partial charge on any atom is -0.507 e. The number of nitrogens with zero attached hydrogens (tertiary/aromatic N) is 1. The van der Waals surface area contributed by atoms with Crippen LogP contribution in [0.3, 0.4) is 0 Å². The van der Waals surface area contributed by atoms with Crippen LogP contribution in [0.1, 0.15) is 82.8 Å². The first-order valence-corrected chi connectivity index (χ1v) is 19.1. The Labute approximate surface area is 327 Å². The van der Waals surface area contributed by atoms with Crippen molar-refractivity contribution in [2.75, 3.05) is 25.5 Å². The van der Waals surface area contributed by atoms with Crippen LogP contribution in [0, 0.1) is 30.6 Å². The molecule has 0 saturated carbocycles. The van der Waals surface area contributed by atoms with Crippen molar-refractivity contribution in [1.82, 2.24) is 4.90 Å². The van der Waals surface area contributed by atoms with Gasteiger partial charge in [0.2, 0.25) is 0 Å². The van der Waals surface area contributed by atoms with Crippen molar-refractivity contribution in [2.24, 2.45) is 23.7 Å². The monoisotopic (exact) mass is 780 g/mol. The highest BCUT2D eigenvalue weighted by Crippen LogP contribution is 2.55. The summed E-state index contributed by atoms with van der Waals surface area (Å²) < 4.78 is 23.6. The molecule has 0 spiro atoms. The molecule has 5 bridgehead atoms. The molecular weight excluding hydrogens is 724 g/mol. The summed E-state index contributed by atoms with van der Waals surface area (Å²) in [6.07, 6.45) is 5.58. The summed E-state index contributed by atoms with van der Waals surface area (Å²) in [6.45, 7) is 14.2. The molecule has 14 nitrogen and oxygen atoms in total. The predicted octanol–water partition coefficient (Wildman–Crippen LogP) is 5.35. The molecule has 4 aliphatic heterocycles. The maximum Gasteiger partial charge on any atom is 0.312 e. The molecule has 9 atom stereocenters. The molecule has 2 aromatic carbocycles. The molecule has 4 aliphatic rings. The van der Waals surface area contributed by atoms with E-state index in [4.69, 9.17) is 18.9 Å². The standard InChI is InChI=1S/C42H56N2O12/c1-20-13-12-14-21(2)41(52)43-32-27(19-44-16-10-11-17-44)36(49)29-30(37(32)50)35(48)25(6)39-31(29)40(51)42(8,56-39)54-18-15-28(53-9)22(3)38(55-26(7)45)24(5)34(47)23(4)33(20)46/h12-15,18,20,22-24,28,33-34,38,46-50H,10-11,16-17,19H2,1-9H3,(H,43,52)/b13-12+,18-15+,21-14-/t20-,22-,23+,24-,28-,33-,34+,38+,42-/m0/s1. The zero-order chi connectivity index (χ0) is 41.4. The lowest BCUT2D eigenvalue weighted by molar-refractivity contribution is -0.160. The number of benzene rings is 2. The van der Waals surface area contributed by atoms with Crippen molar-refractivity contribution in [3.8, 4) is 23.0 Å². The van der Waals surface area contributed by atoms with E-state index in [2.05, 4.69) is 5.32 Å². The van der Waals surface area contributed by atoms with Gasteiger partial charge < -0.3 is 49.8 Å². The summed E-state index contributed by atoms with van der Waals surface area (Å²) in [5.74, 6) is -7.78. The zero-order valence-corrected chi connectivity index (χ0v) is 33.6. The average Bonchev–Trinajstić information content (AvgIpc) is 3.77. The number of aromatic hydroxyl groups is 3. The van der Waals surface area contributed by atoms with Gasteiger partial charge in [0, 0.05) is 73.3 Å². The van der Waals surface area contributed by atoms with E-state index in [0.717, 1.165) is 12.8 Å². The Hall–Kier alpha value is -4.63. The van der Waals surface area contributed by atoms with E-state index in [1.165, 1.54) is 46.3 Å². The number of phenolic OH excluding ortho intramolecular Hbond substituents is 3. The Morgan fingerprint density at radius 2 is 1.61 bits per heavy atom. The number of allylic oxidation sites excluding steroid dienone is 2. The average molecular weight is 781 g/mol. The van der Waals surface area contributed by atoms with Crippen molar-refractivity contribution >= 4 is 34.1 Å². The number of carbonyl (C=O) groups is 3. The fraction of sp³-hybridized carbons (Fsp3) is 0.548. The summed E-state index contributed by atoms with van der Waals surface area (Å²) in [4.78, 5) is 42.4. The number of nitrogens with one attached hydrogen (secondary N) is 1. The SMILES string of the molecule is CO[C@H]1/C=C/O[C@@]2(C)Oc3c(C)c(O)c4c(O)c(c(CN5CCCC5)c(O)c4c3C2=O)NC(=O)/C(C)=C\C=C\[C@H](C)[C@H](O)[C@@H](C)[C@@H](O)[C@H](C)[C@H](OC(C)=O)[C@H]1C. The number of rotatable bonds is 4. The topological polar surface area (TPSA) is 205 Å². The van der Waals surface area contributed by atoms with Crippen LogP contribution >= 0.6 is 0 Å². The number of aliphatic hydroxyl groups excluding tert-OH is 2. The van der Waals surface area contributed by atoms with Gasteiger partial charge in [-0.15, -0.1) is 0 Å². The van der Waals surface area contributed by atoms with Gasteiger partial charge in [-0.3, -0.25) is 19.3 Å². The molecule has 14 heteroatoms. The summed E-state index contributed by atoms with van der Waals surface area (Å²) in [5.41, 5.74) is 0.223. The van der Waals surface area contributed by atoms with E-state index < -0.39 is 88.8 Å². The maximum absolute atomic E-state index is 14.4. The number of hydrogen-bond acceptors (Lipinski definition) is 13. The Morgan fingerprint density at radius 1 is 0.946 bits per heavy atom. The highest BCUT2D eigenvalue weighted by atomic mass is 16.7. The van der Waals surface area contributed by atoms with Gasteiger partial charge in [-0.25, -0.2) is 0 Å². The Kier molecular flexibility index (Phi) is 12.8. The van der Waals surface area contributed by atoms with Gasteiger partial charge in [0.1, 0.15) is 23.4 Å². The second-order valence-electron chi connectivity index (χ2n) is 15.7. The van der Waals surface area contributed by atoms with Crippen LogP contribution < -0.4 is 10.1 Å². The molecule has 306 valence electrons. The summed E-state index contributed by atoms with van der Waals surface area (Å²) in [6, 6.07) is 0. The van der Waals surface area contributed by atoms with Crippen molar-refractivity contribution in [3.63, 3.8) is 0 Å². The van der Waals surface area contributed by atoms with Crippen molar-refractivity contribution in [3.05, 3.63) is 52.8 Å². The first-order chi connectivity index (χ1) is 26.3. The summed E-state index contributed by atoms with van der Waals surface area (Å²) in [5, 5.41) is 60.6. The number of anilines is 1. The lowest BCUT2D eigenvalue weighted by Gasteiger charge is -2.38. The van der Waals surface area contributed by atoms with Crippen molar-refractivity contribution in [1.29, 1.82) is 0 Å². The van der Waals surface area contributed by atoms with Gasteiger partial charge >= 0.3 is 11.8 Å². The molecule has 1 fully saturated rings. The number of Topliss-reactive ketones (excluding diaryl/α,β-unsaturated/α-hetero) is 1. The number of phenols is 3. The third-order valence-corrected chi connectivity index (χ3v) is 11.7. The van der Waals surface area contributed by atoms with E-state index in [1.807, 2.05) is 4.90 Å². The number of fused-ring (bicyclic) bond motifs is 14. The lowest BCUT2D eigenvalue weighted by atomic mass is 9.78. The lowest BCUT2D eigenvalue weighted by Crippen LogP contribution is -2.46. The maximum atomic E-state index is 14.4. The number of hydrogen-bond donors (Lipinski definition) is 6. The van der Waals surface area contributed by atoms with Crippen LogP contribution in [-0.2, 0) is 30.3 Å². The molecule has 2 aromatic rings. The largest absolute Gasteiger partial charge is 0.507 e. The van der Waals surface area contributed by atoms with Crippen LogP contribution in [0.25, 0.3) is 10.8 Å². The molecule has 4 heterocycles. The van der Waals surface area contributed by atoms with E-state index in [-0.39, 0.29) is 51.0 Å². The zero-order valence-electron chi connectivity index (χ0n) is 33.6. The van der Waals surface area contributed by atoms with E-state index in [1.54, 1.807) is 46.8 Å². The normalized spacial score (nSPS) is 32.7. The van der Waals surface area contributed by atoms with Crippen molar-refractivity contribution < 1.29 is 58.9 Å². The fourth-order valence-corrected chi connectivity index (χ4v) is 8.10. The quantitative estimate of drug-likeness (QED) is 0.132. The van der Waals surface area contributed by atoms with Crippen LogP contribution in [0.4, 0.5) is 5.69 Å². The number of methoxy groups -OCH3 is 1. The fourth-order valence-electron chi connectivity index (χ4n) is 8.10. The van der Waals surface area contributed by atoms with Crippen LogP contribution in [0.15, 0.2) is 36.1 Å². The molecule has 0 aliphatic carbocycles. The number of amides is 1. The van der Waals surface area contributed by atoms with E-state index in [0.29, 0.717) is 13.1 Å². The highest BCUT2D eigenvalue weighted by molar-refractivity contribution is 6.22. The van der Waals surface area contributed by atoms with Gasteiger partial charge in [-0.05, 0) is 45.9 Å². The van der Waals surface area contributed by atoms with Gasteiger partial charge in [0.25, 0.3) is 11.7 Å². The van der Waals surface area contributed by atoms with E-state index >= 15 is 0 Å². The first kappa shape index (κ1) is 42.5. The molecule has 0 aromatic heterocycles. The Bertz CT molecular complexity index is 1950. The second kappa shape index (κ2) is 16.8. The molecule has 0 unspecified atom stereocenters. The molecule has 1 saturated heterocycles. The third-order valence-electron chi connectivity index (χ3n) is 11.7. The van der Waals surface area contributed by atoms with Crippen LogP contribution in [0.5, 0.6) is 23.0 Å². The van der Waals surface area contributed by atoms with E-state index in [9.17, 15) is 39.9 Å². The van der Waals surface area contributed by atoms with Gasteiger partial charge in [-0.2, -0.15) is 0 Å². The van der Waals surface area contributed by atoms with Crippen LogP contribution in [0.2, 0.25) is 0 Å². The van der Waals surface area contributed by atoms with Crippen molar-refractivity contribution in [2.45, 2.75) is 105 Å². The summed E-state index contributed by atoms with van der Waals surface area (Å²) >= 11 is 0. The Balaban J connectivity index is 1.70. The first-order valence-electron chi connectivity index (χ1n) is 19.1. The minimum absolute atomic E-state index is 0.0504. The predicted molar refractivity (Wildman–Crippen MR) is 208 cm³/mol. The molecule has 6 N–H and O–H groups in total. The number of esters is 1. The number of carbonyl (C=O) groups excluding carboxylic acids is 3. The number of likely N-dealkylation sites (tertiary alicyclic amines) is 1. The minimum atomic E-state index is -2.00. The molecule has 1 amide bonds. The third kappa shape index (κ3) is 7.97. The molecule has 6 rings (SSSR count). The molecule has 0 radical (unpaired) electrons. The summed E-state index contributed by atoms with van der Waals surface area (Å²) in [7, 11) is 1.45. The number of aliphatic hydroxyl groups is 2. The van der Waals surface area contributed by atoms with Crippen LogP contribution in [-0.4, -0.2) is 98.5 Å². The number of ketones is 1. The van der Waals surface area contributed by atoms with Gasteiger partial charge in [0.05, 0.1) is 41.2 Å². The highest BCUT2D eigenvalue weighted by Gasteiger charge is 2.50. The van der Waals surface area contributed by atoms with Gasteiger partial charge in [0.15, 0.2) is 5.75 Å². The Morgan fingerprint density at radius 3 is 2.23 bits per heavy atom.